The molecule has 1 unspecified atom stereocenters. The molecule has 0 amide bonds. The number of carbonyl (C=O) groups is 1. The van der Waals surface area contributed by atoms with E-state index in [9.17, 15) is 9.90 Å². The van der Waals surface area contributed by atoms with E-state index in [2.05, 4.69) is 6.58 Å². The summed E-state index contributed by atoms with van der Waals surface area (Å²) in [5.41, 5.74) is 8.53. The lowest BCUT2D eigenvalue weighted by molar-refractivity contribution is -0.141. The second kappa shape index (κ2) is 8.17. The van der Waals surface area contributed by atoms with Crippen molar-refractivity contribution in [3.63, 3.8) is 0 Å². The van der Waals surface area contributed by atoms with Crippen LogP contribution in [0.2, 0.25) is 0 Å². The number of nitrogens with zero attached hydrogens (tertiary/aromatic N) is 1. The molecule has 0 saturated carbocycles. The Kier molecular flexibility index (Phi) is 5.98. The van der Waals surface area contributed by atoms with Gasteiger partial charge in [0.2, 0.25) is 0 Å². The first kappa shape index (κ1) is 17.6. The summed E-state index contributed by atoms with van der Waals surface area (Å²) in [7, 11) is 0. The van der Waals surface area contributed by atoms with Crippen LogP contribution in [-0.2, 0) is 9.53 Å². The number of para-hydroxylation sites is 1. The Labute approximate surface area is 142 Å². The first-order valence-corrected chi connectivity index (χ1v) is 7.66. The van der Waals surface area contributed by atoms with Crippen LogP contribution in [0.4, 0.5) is 17.1 Å². The Morgan fingerprint density at radius 2 is 1.75 bits per heavy atom. The van der Waals surface area contributed by atoms with E-state index in [1.807, 2.05) is 47.4 Å². The maximum Gasteiger partial charge on any atom is 0.333 e. The SMILES string of the molecule is C=C(C)C(=O)OCC(O)CN(c1ccccc1)c1ccc(N)cc1. The summed E-state index contributed by atoms with van der Waals surface area (Å²) in [6, 6.07) is 17.0. The smallest absolute Gasteiger partial charge is 0.333 e. The third-order valence-electron chi connectivity index (χ3n) is 3.42. The lowest BCUT2D eigenvalue weighted by atomic mass is 10.2. The van der Waals surface area contributed by atoms with Gasteiger partial charge < -0.3 is 20.5 Å². The number of aliphatic hydroxyl groups is 1. The maximum absolute atomic E-state index is 11.5. The molecule has 1 atom stereocenters. The fraction of sp³-hybridized carbons (Fsp3) is 0.211. The molecule has 0 bridgehead atoms. The number of nitrogens with two attached hydrogens (primary N) is 1. The first-order chi connectivity index (χ1) is 11.5. The van der Waals surface area contributed by atoms with Gasteiger partial charge in [0.25, 0.3) is 0 Å². The molecular weight excluding hydrogens is 304 g/mol. The summed E-state index contributed by atoms with van der Waals surface area (Å²) in [6.45, 7) is 5.27. The molecule has 5 nitrogen and oxygen atoms in total. The molecule has 5 heteroatoms. The largest absolute Gasteiger partial charge is 0.460 e. The van der Waals surface area contributed by atoms with Crippen molar-refractivity contribution >= 4 is 23.0 Å². The van der Waals surface area contributed by atoms with Crippen molar-refractivity contribution in [2.45, 2.75) is 13.0 Å². The van der Waals surface area contributed by atoms with E-state index in [1.54, 1.807) is 19.1 Å². The predicted molar refractivity (Wildman–Crippen MR) is 96.1 cm³/mol. The van der Waals surface area contributed by atoms with Crippen LogP contribution >= 0.6 is 0 Å². The quantitative estimate of drug-likeness (QED) is 0.465. The highest BCUT2D eigenvalue weighted by Gasteiger charge is 2.16. The van der Waals surface area contributed by atoms with Crippen molar-refractivity contribution in [1.29, 1.82) is 0 Å². The van der Waals surface area contributed by atoms with Crippen LogP contribution in [0.25, 0.3) is 0 Å². The maximum atomic E-state index is 11.5. The van der Waals surface area contributed by atoms with E-state index >= 15 is 0 Å². The lowest BCUT2D eigenvalue weighted by Gasteiger charge is -2.27. The van der Waals surface area contributed by atoms with Crippen LogP contribution < -0.4 is 10.6 Å². The number of rotatable bonds is 7. The molecule has 2 aromatic rings. The van der Waals surface area contributed by atoms with Gasteiger partial charge in [-0.1, -0.05) is 24.8 Å². The number of carbonyl (C=O) groups excluding carboxylic acids is 1. The standard InChI is InChI=1S/C19H22N2O3/c1-14(2)19(23)24-13-18(22)12-21(16-6-4-3-5-7-16)17-10-8-15(20)9-11-17/h3-11,18,22H,1,12-13,20H2,2H3. The zero-order valence-electron chi connectivity index (χ0n) is 13.7. The molecule has 0 aliphatic heterocycles. The van der Waals surface area contributed by atoms with Gasteiger partial charge in [0.15, 0.2) is 0 Å². The minimum atomic E-state index is -0.842. The summed E-state index contributed by atoms with van der Waals surface area (Å²) in [6.07, 6.45) is -0.842. The Morgan fingerprint density at radius 1 is 1.17 bits per heavy atom. The molecule has 0 aliphatic rings. The van der Waals surface area contributed by atoms with Gasteiger partial charge in [-0.05, 0) is 43.3 Å². The molecule has 0 fully saturated rings. The van der Waals surface area contributed by atoms with E-state index in [-0.39, 0.29) is 13.2 Å². The van der Waals surface area contributed by atoms with Gasteiger partial charge in [-0.3, -0.25) is 0 Å². The monoisotopic (exact) mass is 326 g/mol. The van der Waals surface area contributed by atoms with Crippen LogP contribution in [0.3, 0.4) is 0 Å². The number of benzene rings is 2. The fourth-order valence-corrected chi connectivity index (χ4v) is 2.18. The third kappa shape index (κ3) is 4.86. The van der Waals surface area contributed by atoms with Crippen molar-refractivity contribution in [2.24, 2.45) is 0 Å². The van der Waals surface area contributed by atoms with Gasteiger partial charge in [0.1, 0.15) is 12.7 Å². The molecule has 0 aliphatic carbocycles. The third-order valence-corrected chi connectivity index (χ3v) is 3.42. The Morgan fingerprint density at radius 3 is 2.33 bits per heavy atom. The van der Waals surface area contributed by atoms with Crippen molar-refractivity contribution in [2.75, 3.05) is 23.8 Å². The normalized spacial score (nSPS) is 11.6. The zero-order chi connectivity index (χ0) is 17.5. The van der Waals surface area contributed by atoms with Crippen molar-refractivity contribution in [3.05, 3.63) is 66.7 Å². The van der Waals surface area contributed by atoms with Gasteiger partial charge in [0.05, 0.1) is 6.54 Å². The molecular formula is C19H22N2O3. The van der Waals surface area contributed by atoms with E-state index in [1.165, 1.54) is 0 Å². The van der Waals surface area contributed by atoms with Crippen molar-refractivity contribution in [1.82, 2.24) is 0 Å². The average molecular weight is 326 g/mol. The molecule has 126 valence electrons. The van der Waals surface area contributed by atoms with E-state index in [4.69, 9.17) is 10.5 Å². The van der Waals surface area contributed by atoms with Gasteiger partial charge in [-0.25, -0.2) is 4.79 Å². The molecule has 0 saturated heterocycles. The second-order valence-electron chi connectivity index (χ2n) is 5.57. The lowest BCUT2D eigenvalue weighted by Crippen LogP contribution is -2.32. The molecule has 2 aromatic carbocycles. The number of esters is 1. The zero-order valence-corrected chi connectivity index (χ0v) is 13.7. The summed E-state index contributed by atoms with van der Waals surface area (Å²) in [5, 5.41) is 10.3. The molecule has 0 aromatic heterocycles. The minimum Gasteiger partial charge on any atom is -0.460 e. The summed E-state index contributed by atoms with van der Waals surface area (Å²) in [5.74, 6) is -0.507. The second-order valence-corrected chi connectivity index (χ2v) is 5.57. The minimum absolute atomic E-state index is 0.0933. The van der Waals surface area contributed by atoms with Gasteiger partial charge in [-0.15, -0.1) is 0 Å². The highest BCUT2D eigenvalue weighted by molar-refractivity contribution is 5.86. The van der Waals surface area contributed by atoms with Crippen LogP contribution in [0, 0.1) is 0 Å². The number of hydrogen-bond acceptors (Lipinski definition) is 5. The van der Waals surface area contributed by atoms with Crippen LogP contribution in [0.5, 0.6) is 0 Å². The molecule has 0 heterocycles. The fourth-order valence-electron chi connectivity index (χ4n) is 2.18. The topological polar surface area (TPSA) is 75.8 Å². The van der Waals surface area contributed by atoms with Gasteiger partial charge >= 0.3 is 5.97 Å². The Hall–Kier alpha value is -2.79. The predicted octanol–water partition coefficient (Wildman–Crippen LogP) is 2.89. The molecule has 3 N–H and O–H groups in total. The highest BCUT2D eigenvalue weighted by Crippen LogP contribution is 2.26. The summed E-state index contributed by atoms with van der Waals surface area (Å²) < 4.78 is 5.02. The summed E-state index contributed by atoms with van der Waals surface area (Å²) >= 11 is 0. The molecule has 24 heavy (non-hydrogen) atoms. The number of hydrogen-bond donors (Lipinski definition) is 2. The number of anilines is 3. The number of nitrogen functional groups attached to an aromatic ring is 1. The van der Waals surface area contributed by atoms with Crippen molar-refractivity contribution in [3.8, 4) is 0 Å². The van der Waals surface area contributed by atoms with Gasteiger partial charge in [-0.2, -0.15) is 0 Å². The number of ether oxygens (including phenoxy) is 1. The molecule has 2 rings (SSSR count). The highest BCUT2D eigenvalue weighted by atomic mass is 16.5. The molecule has 0 spiro atoms. The Balaban J connectivity index is 2.13. The van der Waals surface area contributed by atoms with E-state index in [0.717, 1.165) is 11.4 Å². The van der Waals surface area contributed by atoms with E-state index in [0.29, 0.717) is 11.3 Å². The average Bonchev–Trinajstić information content (AvgIpc) is 2.59. The van der Waals surface area contributed by atoms with Crippen LogP contribution in [0.1, 0.15) is 6.92 Å². The molecule has 0 radical (unpaired) electrons. The van der Waals surface area contributed by atoms with Crippen LogP contribution in [0.15, 0.2) is 66.7 Å². The Bertz CT molecular complexity index is 684. The van der Waals surface area contributed by atoms with Crippen molar-refractivity contribution < 1.29 is 14.6 Å². The van der Waals surface area contributed by atoms with Gasteiger partial charge in [0, 0.05) is 22.6 Å². The van der Waals surface area contributed by atoms with E-state index < -0.39 is 12.1 Å². The summed E-state index contributed by atoms with van der Waals surface area (Å²) in [4.78, 5) is 13.4. The van der Waals surface area contributed by atoms with Crippen LogP contribution in [-0.4, -0.2) is 30.3 Å². The number of aliphatic hydroxyl groups excluding tert-OH is 1. The first-order valence-electron chi connectivity index (χ1n) is 7.66.